The van der Waals surface area contributed by atoms with E-state index >= 15 is 0 Å². The molecule has 102 valence electrons. The van der Waals surface area contributed by atoms with Gasteiger partial charge in [-0.1, -0.05) is 40.7 Å². The summed E-state index contributed by atoms with van der Waals surface area (Å²) in [6.07, 6.45) is 3.13. The Labute approximate surface area is 112 Å². The molecule has 1 unspecified atom stereocenters. The molecular weight excluding hydrogens is 220 g/mol. The Balaban J connectivity index is 2.43. The highest BCUT2D eigenvalue weighted by Gasteiger charge is 2.24. The van der Waals surface area contributed by atoms with E-state index in [4.69, 9.17) is 0 Å². The molecule has 2 nitrogen and oxygen atoms in total. The lowest BCUT2D eigenvalue weighted by Crippen LogP contribution is -2.32. The van der Waals surface area contributed by atoms with Crippen molar-refractivity contribution in [1.29, 1.82) is 0 Å². The number of nitrogens with one attached hydrogen (secondary N) is 1. The van der Waals surface area contributed by atoms with Gasteiger partial charge in [0.1, 0.15) is 0 Å². The Hall–Kier alpha value is -0.890. The van der Waals surface area contributed by atoms with Gasteiger partial charge >= 0.3 is 0 Å². The number of nitrogens with zero attached hydrogens (tertiary/aromatic N) is 1. The highest BCUT2D eigenvalue weighted by atomic mass is 14.9. The van der Waals surface area contributed by atoms with Crippen molar-refractivity contribution in [3.63, 3.8) is 0 Å². The smallest absolute Gasteiger partial charge is 0.0541 e. The third-order valence-corrected chi connectivity index (χ3v) is 3.40. The van der Waals surface area contributed by atoms with Crippen LogP contribution in [0.25, 0.3) is 0 Å². The van der Waals surface area contributed by atoms with Crippen molar-refractivity contribution in [3.8, 4) is 0 Å². The molecule has 0 saturated carbocycles. The second-order valence-electron chi connectivity index (χ2n) is 6.64. The van der Waals surface area contributed by atoms with Crippen LogP contribution < -0.4 is 5.32 Å². The Morgan fingerprint density at radius 3 is 2.44 bits per heavy atom. The summed E-state index contributed by atoms with van der Waals surface area (Å²) in [6, 6.07) is 6.07. The molecule has 1 atom stereocenters. The van der Waals surface area contributed by atoms with Gasteiger partial charge in [-0.05, 0) is 42.3 Å². The van der Waals surface area contributed by atoms with E-state index in [9.17, 15) is 0 Å². The zero-order valence-electron chi connectivity index (χ0n) is 12.5. The minimum Gasteiger partial charge on any atom is -0.311 e. The van der Waals surface area contributed by atoms with Crippen molar-refractivity contribution < 1.29 is 0 Å². The monoisotopic (exact) mass is 248 g/mol. The Kier molecular flexibility index (Phi) is 5.80. The van der Waals surface area contributed by atoms with Crippen LogP contribution >= 0.6 is 0 Å². The van der Waals surface area contributed by atoms with Crippen LogP contribution in [0.15, 0.2) is 24.4 Å². The molecule has 18 heavy (non-hydrogen) atoms. The molecule has 2 heteroatoms. The van der Waals surface area contributed by atoms with Crippen LogP contribution in [0.2, 0.25) is 0 Å². The van der Waals surface area contributed by atoms with Gasteiger partial charge in [0.2, 0.25) is 0 Å². The number of hydrogen-bond acceptors (Lipinski definition) is 2. The average Bonchev–Trinajstić information content (AvgIpc) is 2.27. The fraction of sp³-hybridized carbons (Fsp3) is 0.688. The van der Waals surface area contributed by atoms with Gasteiger partial charge in [0, 0.05) is 12.7 Å². The van der Waals surface area contributed by atoms with E-state index in [0.29, 0.717) is 11.3 Å². The third kappa shape index (κ3) is 5.63. The second kappa shape index (κ2) is 6.89. The number of hydrogen-bond donors (Lipinski definition) is 1. The standard InChI is InChI=1S/C16H28N2/c1-13(2)10-14(16(3,4)5)11-17-12-15-8-6-7-9-18-15/h6-9,13-14,17H,10-12H2,1-5H3. The molecule has 0 aromatic carbocycles. The van der Waals surface area contributed by atoms with E-state index in [-0.39, 0.29) is 0 Å². The maximum Gasteiger partial charge on any atom is 0.0541 e. The predicted octanol–water partition coefficient (Wildman–Crippen LogP) is 3.88. The van der Waals surface area contributed by atoms with Crippen molar-refractivity contribution in [1.82, 2.24) is 10.3 Å². The molecule has 0 fully saturated rings. The predicted molar refractivity (Wildman–Crippen MR) is 78.3 cm³/mol. The van der Waals surface area contributed by atoms with E-state index in [1.807, 2.05) is 18.3 Å². The number of aromatic nitrogens is 1. The van der Waals surface area contributed by atoms with Gasteiger partial charge < -0.3 is 5.32 Å². The van der Waals surface area contributed by atoms with Crippen LogP contribution in [0.1, 0.15) is 46.7 Å². The van der Waals surface area contributed by atoms with Crippen LogP contribution in [0.4, 0.5) is 0 Å². The van der Waals surface area contributed by atoms with Crippen molar-refractivity contribution in [2.45, 2.75) is 47.6 Å². The Morgan fingerprint density at radius 2 is 1.94 bits per heavy atom. The van der Waals surface area contributed by atoms with E-state index in [1.54, 1.807) is 0 Å². The second-order valence-corrected chi connectivity index (χ2v) is 6.64. The van der Waals surface area contributed by atoms with Crippen LogP contribution in [-0.4, -0.2) is 11.5 Å². The lowest BCUT2D eigenvalue weighted by Gasteiger charge is -2.32. The van der Waals surface area contributed by atoms with Crippen LogP contribution in [0.3, 0.4) is 0 Å². The first-order chi connectivity index (χ1) is 8.39. The van der Waals surface area contributed by atoms with Crippen molar-refractivity contribution in [2.24, 2.45) is 17.3 Å². The van der Waals surface area contributed by atoms with Crippen LogP contribution in [0, 0.1) is 17.3 Å². The molecular formula is C16H28N2. The summed E-state index contributed by atoms with van der Waals surface area (Å²) < 4.78 is 0. The molecule has 0 saturated heterocycles. The van der Waals surface area contributed by atoms with Gasteiger partial charge in [0.05, 0.1) is 5.69 Å². The number of pyridine rings is 1. The molecule has 1 N–H and O–H groups in total. The van der Waals surface area contributed by atoms with Gasteiger partial charge in [-0.25, -0.2) is 0 Å². The lowest BCUT2D eigenvalue weighted by atomic mass is 9.76. The molecule has 0 aliphatic carbocycles. The van der Waals surface area contributed by atoms with Gasteiger partial charge in [-0.2, -0.15) is 0 Å². The topological polar surface area (TPSA) is 24.9 Å². The summed E-state index contributed by atoms with van der Waals surface area (Å²) in [7, 11) is 0. The van der Waals surface area contributed by atoms with Gasteiger partial charge in [0.15, 0.2) is 0 Å². The Morgan fingerprint density at radius 1 is 1.22 bits per heavy atom. The molecule has 0 amide bonds. The SMILES string of the molecule is CC(C)CC(CNCc1ccccn1)C(C)(C)C. The summed E-state index contributed by atoms with van der Waals surface area (Å²) >= 11 is 0. The first kappa shape index (κ1) is 15.2. The van der Waals surface area contributed by atoms with E-state index in [2.05, 4.69) is 51.0 Å². The van der Waals surface area contributed by atoms with E-state index in [1.165, 1.54) is 6.42 Å². The van der Waals surface area contributed by atoms with Gasteiger partial charge in [-0.3, -0.25) is 4.98 Å². The zero-order chi connectivity index (χ0) is 13.6. The van der Waals surface area contributed by atoms with E-state index in [0.717, 1.165) is 24.7 Å². The molecule has 0 spiro atoms. The highest BCUT2D eigenvalue weighted by molar-refractivity contribution is 5.02. The fourth-order valence-electron chi connectivity index (χ4n) is 2.19. The maximum absolute atomic E-state index is 4.34. The first-order valence-electron chi connectivity index (χ1n) is 7.00. The van der Waals surface area contributed by atoms with E-state index < -0.39 is 0 Å². The normalized spacial score (nSPS) is 13.9. The molecule has 1 aromatic heterocycles. The first-order valence-corrected chi connectivity index (χ1v) is 7.00. The minimum atomic E-state index is 0.362. The molecule has 0 aliphatic rings. The lowest BCUT2D eigenvalue weighted by molar-refractivity contribution is 0.197. The largest absolute Gasteiger partial charge is 0.311 e. The summed E-state index contributed by atoms with van der Waals surface area (Å²) in [5, 5.41) is 3.55. The minimum absolute atomic E-state index is 0.362. The molecule has 0 aliphatic heterocycles. The average molecular weight is 248 g/mol. The van der Waals surface area contributed by atoms with Crippen LogP contribution in [0.5, 0.6) is 0 Å². The van der Waals surface area contributed by atoms with Gasteiger partial charge in [0.25, 0.3) is 0 Å². The number of rotatable bonds is 6. The van der Waals surface area contributed by atoms with Gasteiger partial charge in [-0.15, -0.1) is 0 Å². The maximum atomic E-state index is 4.34. The quantitative estimate of drug-likeness (QED) is 0.826. The molecule has 1 aromatic rings. The Bertz CT molecular complexity index is 325. The van der Waals surface area contributed by atoms with Crippen LogP contribution in [-0.2, 0) is 6.54 Å². The van der Waals surface area contributed by atoms with Crippen molar-refractivity contribution >= 4 is 0 Å². The highest BCUT2D eigenvalue weighted by Crippen LogP contribution is 2.30. The summed E-state index contributed by atoms with van der Waals surface area (Å²) in [5.41, 5.74) is 1.48. The zero-order valence-corrected chi connectivity index (χ0v) is 12.5. The molecule has 1 heterocycles. The molecule has 1 rings (SSSR count). The summed E-state index contributed by atoms with van der Waals surface area (Å²) in [5.74, 6) is 1.46. The molecule has 0 bridgehead atoms. The molecule has 0 radical (unpaired) electrons. The van der Waals surface area contributed by atoms with Crippen molar-refractivity contribution in [3.05, 3.63) is 30.1 Å². The fourth-order valence-corrected chi connectivity index (χ4v) is 2.19. The van der Waals surface area contributed by atoms with Crippen molar-refractivity contribution in [2.75, 3.05) is 6.54 Å². The third-order valence-electron chi connectivity index (χ3n) is 3.40. The summed E-state index contributed by atoms with van der Waals surface area (Å²) in [4.78, 5) is 4.34. The summed E-state index contributed by atoms with van der Waals surface area (Å²) in [6.45, 7) is 13.5.